The highest BCUT2D eigenvalue weighted by atomic mass is 32.1. The molecular formula is C15H15N3O3S. The smallest absolute Gasteiger partial charge is 0.248 e. The van der Waals surface area contributed by atoms with Gasteiger partial charge in [-0.25, -0.2) is 0 Å². The molecule has 0 radical (unpaired) electrons. The molecule has 1 aromatic carbocycles. The van der Waals surface area contributed by atoms with Gasteiger partial charge in [0.05, 0.1) is 0 Å². The van der Waals surface area contributed by atoms with Crippen LogP contribution in [0.15, 0.2) is 35.7 Å². The third-order valence-corrected chi connectivity index (χ3v) is 3.90. The molecule has 1 aromatic heterocycles. The van der Waals surface area contributed by atoms with Crippen LogP contribution in [-0.4, -0.2) is 17.7 Å². The second kappa shape index (κ2) is 6.86. The van der Waals surface area contributed by atoms with Crippen molar-refractivity contribution in [3.63, 3.8) is 0 Å². The van der Waals surface area contributed by atoms with Gasteiger partial charge in [-0.15, -0.1) is 11.3 Å². The predicted octanol–water partition coefficient (Wildman–Crippen LogP) is 1.52. The zero-order valence-corrected chi connectivity index (χ0v) is 12.5. The zero-order valence-electron chi connectivity index (χ0n) is 11.7. The summed E-state index contributed by atoms with van der Waals surface area (Å²) in [6, 6.07) is 8.01. The second-order valence-corrected chi connectivity index (χ2v) is 5.69. The minimum absolute atomic E-state index is 0.116. The maximum atomic E-state index is 11.9. The quantitative estimate of drug-likeness (QED) is 0.750. The Morgan fingerprint density at radius 3 is 2.18 bits per heavy atom. The maximum Gasteiger partial charge on any atom is 0.248 e. The van der Waals surface area contributed by atoms with E-state index in [-0.39, 0.29) is 17.0 Å². The van der Waals surface area contributed by atoms with Crippen LogP contribution >= 0.6 is 11.3 Å². The number of thiophene rings is 1. The number of rotatable bonds is 6. The first-order valence-corrected chi connectivity index (χ1v) is 7.40. The number of nitrogens with two attached hydrogens (primary N) is 2. The Morgan fingerprint density at radius 1 is 1.05 bits per heavy atom. The Bertz CT molecular complexity index is 679. The van der Waals surface area contributed by atoms with Gasteiger partial charge in [0.2, 0.25) is 17.7 Å². The number of carbonyl (C=O) groups excluding carboxylic acids is 3. The first kappa shape index (κ1) is 15.7. The highest BCUT2D eigenvalue weighted by Crippen LogP contribution is 2.16. The van der Waals surface area contributed by atoms with Crippen LogP contribution in [0.4, 0.5) is 5.69 Å². The number of aryl methyl sites for hydroxylation is 1. The number of anilines is 1. The van der Waals surface area contributed by atoms with Gasteiger partial charge in [0.25, 0.3) is 0 Å². The van der Waals surface area contributed by atoms with Crippen molar-refractivity contribution in [1.82, 2.24) is 0 Å². The van der Waals surface area contributed by atoms with Crippen LogP contribution in [0.25, 0.3) is 0 Å². The fraction of sp³-hybridized carbons (Fsp3) is 0.133. The van der Waals surface area contributed by atoms with E-state index in [1.807, 2.05) is 17.5 Å². The number of primary amides is 2. The number of hydrogen-bond acceptors (Lipinski definition) is 4. The number of nitrogens with one attached hydrogen (secondary N) is 1. The van der Waals surface area contributed by atoms with Crippen molar-refractivity contribution >= 4 is 34.7 Å². The minimum Gasteiger partial charge on any atom is -0.366 e. The van der Waals surface area contributed by atoms with Crippen LogP contribution in [0, 0.1) is 0 Å². The summed E-state index contributed by atoms with van der Waals surface area (Å²) in [5.74, 6) is -1.61. The molecule has 2 aromatic rings. The summed E-state index contributed by atoms with van der Waals surface area (Å²) in [6.07, 6.45) is 0.925. The van der Waals surface area contributed by atoms with E-state index < -0.39 is 11.8 Å². The molecule has 2 rings (SSSR count). The van der Waals surface area contributed by atoms with E-state index in [1.54, 1.807) is 11.3 Å². The van der Waals surface area contributed by atoms with E-state index in [0.717, 1.165) is 4.88 Å². The summed E-state index contributed by atoms with van der Waals surface area (Å²) < 4.78 is 0. The molecule has 0 aliphatic rings. The Labute approximate surface area is 131 Å². The SMILES string of the molecule is NC(=O)c1cc(NC(=O)CCc2cccs2)cc(C(N)=O)c1. The van der Waals surface area contributed by atoms with Crippen LogP contribution in [0.5, 0.6) is 0 Å². The molecule has 0 fully saturated rings. The molecule has 0 aliphatic heterocycles. The van der Waals surface area contributed by atoms with Crippen molar-refractivity contribution in [3.8, 4) is 0 Å². The van der Waals surface area contributed by atoms with Crippen LogP contribution in [0.3, 0.4) is 0 Å². The predicted molar refractivity (Wildman–Crippen MR) is 84.7 cm³/mol. The van der Waals surface area contributed by atoms with Gasteiger partial charge in [-0.3, -0.25) is 14.4 Å². The summed E-state index contributed by atoms with van der Waals surface area (Å²) >= 11 is 1.58. The van der Waals surface area contributed by atoms with Gasteiger partial charge >= 0.3 is 0 Å². The molecule has 114 valence electrons. The van der Waals surface area contributed by atoms with Gasteiger partial charge < -0.3 is 16.8 Å². The van der Waals surface area contributed by atoms with E-state index in [0.29, 0.717) is 18.5 Å². The highest BCUT2D eigenvalue weighted by Gasteiger charge is 2.11. The lowest BCUT2D eigenvalue weighted by Gasteiger charge is -2.08. The third-order valence-electron chi connectivity index (χ3n) is 2.96. The lowest BCUT2D eigenvalue weighted by molar-refractivity contribution is -0.116. The summed E-state index contributed by atoms with van der Waals surface area (Å²) in [7, 11) is 0. The molecule has 0 aliphatic carbocycles. The van der Waals surface area contributed by atoms with Crippen LogP contribution in [-0.2, 0) is 11.2 Å². The number of hydrogen-bond donors (Lipinski definition) is 3. The summed E-state index contributed by atoms with van der Waals surface area (Å²) in [5, 5.41) is 4.59. The Morgan fingerprint density at radius 2 is 1.68 bits per heavy atom. The fourth-order valence-electron chi connectivity index (χ4n) is 1.90. The molecule has 0 bridgehead atoms. The third kappa shape index (κ3) is 4.16. The fourth-order valence-corrected chi connectivity index (χ4v) is 2.61. The molecule has 3 amide bonds. The molecule has 0 saturated carbocycles. The van der Waals surface area contributed by atoms with Crippen molar-refractivity contribution in [2.75, 3.05) is 5.32 Å². The van der Waals surface area contributed by atoms with Crippen molar-refractivity contribution in [1.29, 1.82) is 0 Å². The van der Waals surface area contributed by atoms with E-state index in [2.05, 4.69) is 5.32 Å². The standard InChI is InChI=1S/C15H15N3O3S/c16-14(20)9-6-10(15(17)21)8-11(7-9)18-13(19)4-3-12-2-1-5-22-12/h1-2,5-8H,3-4H2,(H2,16,20)(H2,17,21)(H,18,19). The Hall–Kier alpha value is -2.67. The van der Waals surface area contributed by atoms with Crippen molar-refractivity contribution < 1.29 is 14.4 Å². The summed E-state index contributed by atoms with van der Waals surface area (Å²) in [6.45, 7) is 0. The lowest BCUT2D eigenvalue weighted by Crippen LogP contribution is -2.18. The van der Waals surface area contributed by atoms with Gasteiger partial charge in [-0.1, -0.05) is 6.07 Å². The average Bonchev–Trinajstić information content (AvgIpc) is 2.98. The lowest BCUT2D eigenvalue weighted by atomic mass is 10.1. The van der Waals surface area contributed by atoms with E-state index in [4.69, 9.17) is 11.5 Å². The summed E-state index contributed by atoms with van der Waals surface area (Å²) in [5.41, 5.74) is 11.0. The molecule has 22 heavy (non-hydrogen) atoms. The molecule has 1 heterocycles. The van der Waals surface area contributed by atoms with Gasteiger partial charge in [0.15, 0.2) is 0 Å². The number of amides is 3. The minimum atomic E-state index is -0.697. The van der Waals surface area contributed by atoms with Crippen LogP contribution in [0.2, 0.25) is 0 Å². The van der Waals surface area contributed by atoms with E-state index in [9.17, 15) is 14.4 Å². The monoisotopic (exact) mass is 317 g/mol. The largest absolute Gasteiger partial charge is 0.366 e. The zero-order chi connectivity index (χ0) is 16.1. The Kier molecular flexibility index (Phi) is 4.90. The molecule has 6 nitrogen and oxygen atoms in total. The van der Waals surface area contributed by atoms with Crippen molar-refractivity contribution in [2.24, 2.45) is 11.5 Å². The van der Waals surface area contributed by atoms with Gasteiger partial charge in [-0.05, 0) is 36.1 Å². The topological polar surface area (TPSA) is 115 Å². The van der Waals surface area contributed by atoms with Crippen LogP contribution in [0.1, 0.15) is 32.0 Å². The molecule has 0 saturated heterocycles. The normalized spacial score (nSPS) is 10.2. The number of carbonyl (C=O) groups is 3. The maximum absolute atomic E-state index is 11.9. The van der Waals surface area contributed by atoms with Gasteiger partial charge in [0, 0.05) is 28.1 Å². The van der Waals surface area contributed by atoms with E-state index >= 15 is 0 Å². The average molecular weight is 317 g/mol. The first-order valence-electron chi connectivity index (χ1n) is 6.52. The van der Waals surface area contributed by atoms with Crippen LogP contribution < -0.4 is 16.8 Å². The van der Waals surface area contributed by atoms with E-state index in [1.165, 1.54) is 18.2 Å². The molecule has 7 heteroatoms. The van der Waals surface area contributed by atoms with Gasteiger partial charge in [-0.2, -0.15) is 0 Å². The highest BCUT2D eigenvalue weighted by molar-refractivity contribution is 7.09. The van der Waals surface area contributed by atoms with Crippen molar-refractivity contribution in [2.45, 2.75) is 12.8 Å². The van der Waals surface area contributed by atoms with Gasteiger partial charge in [0.1, 0.15) is 0 Å². The first-order chi connectivity index (χ1) is 10.5. The molecule has 0 spiro atoms. The molecule has 0 unspecified atom stereocenters. The Balaban J connectivity index is 2.09. The van der Waals surface area contributed by atoms with Crippen molar-refractivity contribution in [3.05, 3.63) is 51.7 Å². The molecule has 5 N–H and O–H groups in total. The summed E-state index contributed by atoms with van der Waals surface area (Å²) in [4.78, 5) is 35.5. The second-order valence-electron chi connectivity index (χ2n) is 4.66. The number of benzene rings is 1. The molecule has 0 atom stereocenters. The molecular weight excluding hydrogens is 302 g/mol.